The summed E-state index contributed by atoms with van der Waals surface area (Å²) < 4.78 is 6.33. The molecule has 0 aromatic heterocycles. The molecule has 1 unspecified atom stereocenters. The number of ether oxygens (including phenoxy) is 1. The van der Waals surface area contributed by atoms with Crippen molar-refractivity contribution in [3.63, 3.8) is 0 Å². The summed E-state index contributed by atoms with van der Waals surface area (Å²) in [6.45, 7) is 7.77. The van der Waals surface area contributed by atoms with Gasteiger partial charge in [0.25, 0.3) is 0 Å². The number of anilines is 2. The summed E-state index contributed by atoms with van der Waals surface area (Å²) in [4.78, 5) is 39.9. The van der Waals surface area contributed by atoms with E-state index in [0.717, 1.165) is 10.9 Å². The number of allylic oxidation sites excluding steroid dienone is 1. The number of hydrogen-bond acceptors (Lipinski definition) is 4. The Morgan fingerprint density at radius 3 is 2.38 bits per heavy atom. The highest BCUT2D eigenvalue weighted by molar-refractivity contribution is 9.10. The molecule has 1 atom stereocenters. The number of nitrogens with zero attached hydrogens (tertiary/aromatic N) is 1. The average molecular weight is 529 g/mol. The molecule has 180 valence electrons. The topological polar surface area (TPSA) is 99.8 Å². The molecule has 3 rings (SSSR count). The van der Waals surface area contributed by atoms with Crippen LogP contribution in [0.15, 0.2) is 64.3 Å². The number of carbonyl (C=O) groups is 3. The van der Waals surface area contributed by atoms with Crippen molar-refractivity contribution in [1.29, 1.82) is 0 Å². The maximum atomic E-state index is 13.0. The molecule has 0 radical (unpaired) electrons. The smallest absolute Gasteiger partial charge is 0.338 e. The van der Waals surface area contributed by atoms with E-state index in [9.17, 15) is 14.4 Å². The maximum Gasteiger partial charge on any atom is 0.338 e. The van der Waals surface area contributed by atoms with Crippen molar-refractivity contribution in [3.8, 4) is 0 Å². The first-order valence-corrected chi connectivity index (χ1v) is 11.9. The number of halogens is 1. The predicted molar refractivity (Wildman–Crippen MR) is 135 cm³/mol. The van der Waals surface area contributed by atoms with Gasteiger partial charge in [0.2, 0.25) is 0 Å². The predicted octanol–water partition coefficient (Wildman–Crippen LogP) is 5.80. The van der Waals surface area contributed by atoms with Gasteiger partial charge in [-0.05, 0) is 63.1 Å². The maximum absolute atomic E-state index is 13.0. The molecule has 0 spiro atoms. The van der Waals surface area contributed by atoms with E-state index in [1.807, 2.05) is 19.1 Å². The molecule has 1 aliphatic heterocycles. The average Bonchev–Trinajstić information content (AvgIpc) is 2.75. The third-order valence-corrected chi connectivity index (χ3v) is 5.66. The summed E-state index contributed by atoms with van der Waals surface area (Å²) >= 11 is 3.38. The van der Waals surface area contributed by atoms with Crippen molar-refractivity contribution in [2.45, 2.75) is 46.3 Å². The van der Waals surface area contributed by atoms with Gasteiger partial charge in [-0.1, -0.05) is 41.1 Å². The van der Waals surface area contributed by atoms with Crippen LogP contribution in [0.1, 0.15) is 45.7 Å². The Balaban J connectivity index is 1.88. The molecule has 4 amide bonds. The quantitative estimate of drug-likeness (QED) is 0.395. The summed E-state index contributed by atoms with van der Waals surface area (Å²) in [6, 6.07) is 12.9. The zero-order valence-electron chi connectivity index (χ0n) is 19.6. The van der Waals surface area contributed by atoms with E-state index >= 15 is 0 Å². The van der Waals surface area contributed by atoms with Crippen LogP contribution < -0.4 is 16.0 Å². The molecule has 0 saturated heterocycles. The zero-order valence-corrected chi connectivity index (χ0v) is 21.2. The molecule has 0 bridgehead atoms. The second-order valence-corrected chi connectivity index (χ2v) is 9.12. The Morgan fingerprint density at radius 2 is 1.76 bits per heavy atom. The van der Waals surface area contributed by atoms with Gasteiger partial charge in [0, 0.05) is 28.1 Å². The Bertz CT molecular complexity index is 1120. The van der Waals surface area contributed by atoms with Crippen molar-refractivity contribution >= 4 is 45.3 Å². The fourth-order valence-electron chi connectivity index (χ4n) is 3.72. The van der Waals surface area contributed by atoms with Crippen molar-refractivity contribution in [2.75, 3.05) is 17.2 Å². The third kappa shape index (κ3) is 6.17. The fourth-order valence-corrected chi connectivity index (χ4v) is 4.12. The van der Waals surface area contributed by atoms with Crippen LogP contribution in [0.3, 0.4) is 0 Å². The minimum atomic E-state index is -0.707. The van der Waals surface area contributed by atoms with Crippen LogP contribution in [0.5, 0.6) is 0 Å². The lowest BCUT2D eigenvalue weighted by molar-refractivity contribution is -0.143. The van der Waals surface area contributed by atoms with Gasteiger partial charge < -0.3 is 20.7 Å². The summed E-state index contributed by atoms with van der Waals surface area (Å²) in [5, 5.41) is 8.49. The van der Waals surface area contributed by atoms with Crippen molar-refractivity contribution in [2.24, 2.45) is 0 Å². The Hall–Kier alpha value is -3.33. The highest BCUT2D eigenvalue weighted by atomic mass is 79.9. The number of amides is 4. The van der Waals surface area contributed by atoms with Crippen molar-refractivity contribution in [1.82, 2.24) is 10.2 Å². The van der Waals surface area contributed by atoms with E-state index in [0.29, 0.717) is 34.8 Å². The molecule has 0 fully saturated rings. The Morgan fingerprint density at radius 1 is 1.12 bits per heavy atom. The lowest BCUT2D eigenvalue weighted by atomic mass is 9.94. The number of hydrogen-bond donors (Lipinski definition) is 3. The van der Waals surface area contributed by atoms with Gasteiger partial charge in [-0.25, -0.2) is 14.4 Å². The van der Waals surface area contributed by atoms with Crippen LogP contribution in [-0.2, 0) is 9.53 Å². The monoisotopic (exact) mass is 528 g/mol. The van der Waals surface area contributed by atoms with E-state index in [-0.39, 0.29) is 12.1 Å². The summed E-state index contributed by atoms with van der Waals surface area (Å²) in [6.07, 6.45) is 0.439. The number of benzene rings is 2. The number of carbonyl (C=O) groups excluding carboxylic acids is 3. The molecule has 8 nitrogen and oxygen atoms in total. The van der Waals surface area contributed by atoms with E-state index < -0.39 is 18.0 Å². The number of esters is 1. The second-order valence-electron chi connectivity index (χ2n) is 8.20. The van der Waals surface area contributed by atoms with Crippen LogP contribution >= 0.6 is 15.9 Å². The SMILES string of the molecule is CCCN1C(=O)NC(c2cccc(NC(=O)Nc3cccc(Br)c3)c2)C(C(=O)OC(C)C)=C1C. The second kappa shape index (κ2) is 11.2. The van der Waals surface area contributed by atoms with Gasteiger partial charge in [-0.3, -0.25) is 4.90 Å². The van der Waals surface area contributed by atoms with Gasteiger partial charge in [-0.2, -0.15) is 0 Å². The minimum absolute atomic E-state index is 0.281. The highest BCUT2D eigenvalue weighted by Crippen LogP contribution is 2.32. The largest absolute Gasteiger partial charge is 0.459 e. The first-order chi connectivity index (χ1) is 16.2. The normalized spacial score (nSPS) is 15.8. The molecule has 2 aromatic rings. The first-order valence-electron chi connectivity index (χ1n) is 11.1. The molecule has 2 aromatic carbocycles. The number of rotatable bonds is 7. The van der Waals surface area contributed by atoms with Crippen LogP contribution in [0, 0.1) is 0 Å². The van der Waals surface area contributed by atoms with Crippen molar-refractivity contribution < 1.29 is 19.1 Å². The van der Waals surface area contributed by atoms with Gasteiger partial charge in [0.15, 0.2) is 0 Å². The lowest BCUT2D eigenvalue weighted by Crippen LogP contribution is -2.48. The van der Waals surface area contributed by atoms with Crippen LogP contribution in [0.4, 0.5) is 21.0 Å². The molecule has 9 heteroatoms. The fraction of sp³-hybridized carbons (Fsp3) is 0.320. The Kier molecular flexibility index (Phi) is 8.33. The van der Waals surface area contributed by atoms with Gasteiger partial charge in [0.1, 0.15) is 0 Å². The van der Waals surface area contributed by atoms with E-state index in [2.05, 4.69) is 31.9 Å². The summed E-state index contributed by atoms with van der Waals surface area (Å²) in [5.41, 5.74) is 2.74. The van der Waals surface area contributed by atoms with Crippen LogP contribution in [0.2, 0.25) is 0 Å². The standard InChI is InChI=1S/C25H29BrN4O4/c1-5-12-30-16(4)21(23(31)34-15(2)3)22(29-25(30)33)17-8-6-10-19(13-17)27-24(32)28-20-11-7-9-18(26)14-20/h6-11,13-15,22H,5,12H2,1-4H3,(H,29,33)(H2,27,28,32). The summed E-state index contributed by atoms with van der Waals surface area (Å²) in [5.74, 6) is -0.482. The van der Waals surface area contributed by atoms with Crippen molar-refractivity contribution in [3.05, 3.63) is 69.8 Å². The molecule has 1 heterocycles. The molecular formula is C25H29BrN4O4. The molecular weight excluding hydrogens is 500 g/mol. The first kappa shape index (κ1) is 25.3. The van der Waals surface area contributed by atoms with E-state index in [1.54, 1.807) is 62.1 Å². The van der Waals surface area contributed by atoms with Gasteiger partial charge >= 0.3 is 18.0 Å². The molecule has 0 aliphatic carbocycles. The highest BCUT2D eigenvalue weighted by Gasteiger charge is 2.36. The third-order valence-electron chi connectivity index (χ3n) is 5.17. The van der Waals surface area contributed by atoms with Gasteiger partial charge in [-0.15, -0.1) is 0 Å². The zero-order chi connectivity index (χ0) is 24.8. The molecule has 0 saturated carbocycles. The van der Waals surface area contributed by atoms with E-state index in [1.165, 1.54) is 0 Å². The molecule has 1 aliphatic rings. The lowest BCUT2D eigenvalue weighted by Gasteiger charge is -2.35. The van der Waals surface area contributed by atoms with Crippen LogP contribution in [-0.4, -0.2) is 35.6 Å². The minimum Gasteiger partial charge on any atom is -0.459 e. The summed E-state index contributed by atoms with van der Waals surface area (Å²) in [7, 11) is 0. The number of urea groups is 2. The van der Waals surface area contributed by atoms with E-state index in [4.69, 9.17) is 4.74 Å². The Labute approximate surface area is 207 Å². The van der Waals surface area contributed by atoms with Crippen LogP contribution in [0.25, 0.3) is 0 Å². The molecule has 3 N–H and O–H groups in total. The molecule has 34 heavy (non-hydrogen) atoms. The van der Waals surface area contributed by atoms with Gasteiger partial charge in [0.05, 0.1) is 17.7 Å². The number of nitrogens with one attached hydrogen (secondary N) is 3.